The fourth-order valence-corrected chi connectivity index (χ4v) is 2.31. The average molecular weight is 371 g/mol. The zero-order valence-corrected chi connectivity index (χ0v) is 14.9. The normalized spacial score (nSPS) is 11.1. The summed E-state index contributed by atoms with van der Waals surface area (Å²) in [7, 11) is -0.841. The monoisotopic (exact) mass is 370 g/mol. The standard InChI is InChI=1S/C16H19N2S.ClHO4/c1-17(2)15-9-12-18(13-10-15)11-6-14-19-16-7-4-3-5-8-16;2-1(3,4)5/h3-10,12-14H,11H2,1-2H3;(H,2,3,4,5)/q+1;/p-1/b14-6+;. The number of hydrogen-bond acceptors (Lipinski definition) is 6. The number of halogens is 1. The molecule has 0 amide bonds. The van der Waals surface area contributed by atoms with Crippen LogP contribution in [0, 0.1) is 10.2 Å². The van der Waals surface area contributed by atoms with Crippen molar-refractivity contribution >= 4 is 17.4 Å². The van der Waals surface area contributed by atoms with E-state index < -0.39 is 10.2 Å². The fraction of sp³-hybridized carbons (Fsp3) is 0.188. The van der Waals surface area contributed by atoms with E-state index in [1.165, 1.54) is 10.6 Å². The van der Waals surface area contributed by atoms with Gasteiger partial charge in [0.25, 0.3) is 0 Å². The van der Waals surface area contributed by atoms with Gasteiger partial charge < -0.3 is 4.90 Å². The Hall–Kier alpha value is -1.61. The minimum absolute atomic E-state index is 0.896. The first-order valence-corrected chi connectivity index (χ1v) is 9.02. The molecule has 0 N–H and O–H groups in total. The Bertz CT molecular complexity index is 610. The van der Waals surface area contributed by atoms with Gasteiger partial charge in [-0.3, -0.25) is 0 Å². The summed E-state index contributed by atoms with van der Waals surface area (Å²) >= 11 is 1.75. The summed E-state index contributed by atoms with van der Waals surface area (Å²) in [5.41, 5.74) is 1.22. The second kappa shape index (κ2) is 10.3. The van der Waals surface area contributed by atoms with Crippen molar-refractivity contribution in [2.24, 2.45) is 0 Å². The fourth-order valence-electron chi connectivity index (χ4n) is 1.66. The minimum atomic E-state index is -4.94. The second-order valence-corrected chi connectivity index (χ2v) is 6.56. The Morgan fingerprint density at radius 1 is 1.00 bits per heavy atom. The van der Waals surface area contributed by atoms with E-state index in [-0.39, 0.29) is 0 Å². The third-order valence-corrected chi connectivity index (χ3v) is 3.62. The smallest absolute Gasteiger partial charge is 0.171 e. The maximum absolute atomic E-state index is 8.49. The van der Waals surface area contributed by atoms with Crippen LogP contribution in [0.2, 0.25) is 0 Å². The number of thioether (sulfide) groups is 1. The Labute approximate surface area is 148 Å². The van der Waals surface area contributed by atoms with Crippen LogP contribution in [0.4, 0.5) is 5.69 Å². The topological polar surface area (TPSA) is 99.4 Å². The van der Waals surface area contributed by atoms with Crippen LogP contribution in [0.5, 0.6) is 0 Å². The van der Waals surface area contributed by atoms with Gasteiger partial charge in [-0.25, -0.2) is 23.2 Å². The summed E-state index contributed by atoms with van der Waals surface area (Å²) in [6.07, 6.45) is 6.38. The molecule has 0 bridgehead atoms. The number of rotatable bonds is 5. The number of allylic oxidation sites excluding steroid dienone is 1. The molecule has 1 aromatic heterocycles. The van der Waals surface area contributed by atoms with Crippen molar-refractivity contribution in [1.29, 1.82) is 0 Å². The highest BCUT2D eigenvalue weighted by atomic mass is 35.7. The molecule has 0 fully saturated rings. The Morgan fingerprint density at radius 3 is 2.04 bits per heavy atom. The van der Waals surface area contributed by atoms with E-state index in [0.717, 1.165) is 6.54 Å². The molecule has 130 valence electrons. The predicted molar refractivity (Wildman–Crippen MR) is 82.4 cm³/mol. The lowest BCUT2D eigenvalue weighted by Gasteiger charge is -2.17. The van der Waals surface area contributed by atoms with Crippen molar-refractivity contribution in [2.45, 2.75) is 11.4 Å². The van der Waals surface area contributed by atoms with Crippen molar-refractivity contribution in [2.75, 3.05) is 19.0 Å². The molecule has 24 heavy (non-hydrogen) atoms. The minimum Gasteiger partial charge on any atom is -0.377 e. The van der Waals surface area contributed by atoms with Gasteiger partial charge in [0, 0.05) is 36.8 Å². The van der Waals surface area contributed by atoms with Crippen LogP contribution < -0.4 is 28.1 Å². The Morgan fingerprint density at radius 2 is 1.54 bits per heavy atom. The molecule has 0 saturated heterocycles. The van der Waals surface area contributed by atoms with Crippen molar-refractivity contribution in [3.8, 4) is 0 Å². The highest BCUT2D eigenvalue weighted by Gasteiger charge is 1.99. The van der Waals surface area contributed by atoms with Crippen molar-refractivity contribution in [3.63, 3.8) is 0 Å². The largest absolute Gasteiger partial charge is 0.377 e. The maximum atomic E-state index is 8.49. The zero-order valence-electron chi connectivity index (χ0n) is 13.4. The van der Waals surface area contributed by atoms with Gasteiger partial charge in [-0.15, -0.1) is 10.2 Å². The van der Waals surface area contributed by atoms with Crippen LogP contribution in [0.1, 0.15) is 0 Å². The highest BCUT2D eigenvalue weighted by molar-refractivity contribution is 8.02. The lowest BCUT2D eigenvalue weighted by molar-refractivity contribution is -2.00. The molecule has 0 unspecified atom stereocenters. The van der Waals surface area contributed by atoms with E-state index in [1.54, 1.807) is 11.8 Å². The molecule has 8 heteroatoms. The van der Waals surface area contributed by atoms with Crippen molar-refractivity contribution in [1.82, 2.24) is 0 Å². The van der Waals surface area contributed by atoms with Gasteiger partial charge in [0.1, 0.15) is 0 Å². The van der Waals surface area contributed by atoms with Gasteiger partial charge in [-0.05, 0) is 23.6 Å². The number of nitrogens with zero attached hydrogens (tertiary/aromatic N) is 2. The first-order valence-electron chi connectivity index (χ1n) is 6.90. The highest BCUT2D eigenvalue weighted by Crippen LogP contribution is 2.17. The number of anilines is 1. The van der Waals surface area contributed by atoms with Crippen LogP contribution in [0.25, 0.3) is 0 Å². The van der Waals surface area contributed by atoms with Crippen LogP contribution >= 0.6 is 11.8 Å². The first kappa shape index (κ1) is 20.4. The van der Waals surface area contributed by atoms with Crippen LogP contribution in [-0.2, 0) is 6.54 Å². The first-order chi connectivity index (χ1) is 11.3. The summed E-state index contributed by atoms with van der Waals surface area (Å²) in [5, 5.41) is 2.14. The lowest BCUT2D eigenvalue weighted by Crippen LogP contribution is -2.68. The average Bonchev–Trinajstić information content (AvgIpc) is 2.51. The van der Waals surface area contributed by atoms with Gasteiger partial charge >= 0.3 is 0 Å². The van der Waals surface area contributed by atoms with Gasteiger partial charge in [-0.2, -0.15) is 0 Å². The molecule has 0 atom stereocenters. The molecule has 0 saturated carbocycles. The number of pyridine rings is 1. The third kappa shape index (κ3) is 10.2. The summed E-state index contributed by atoms with van der Waals surface area (Å²) in [5.74, 6) is 0. The molecule has 2 rings (SSSR count). The number of hydrogen-bond donors (Lipinski definition) is 0. The van der Waals surface area contributed by atoms with E-state index >= 15 is 0 Å². The summed E-state index contributed by atoms with van der Waals surface area (Å²) in [6.45, 7) is 0.896. The SMILES string of the molecule is CN(C)c1cc[n+](C/C=C/Sc2ccccc2)cc1.[O-][Cl+3]([O-])([O-])[O-]. The van der Waals surface area contributed by atoms with E-state index in [2.05, 4.69) is 83.8 Å². The van der Waals surface area contributed by atoms with Crippen LogP contribution in [-0.4, -0.2) is 14.1 Å². The molecule has 1 heterocycles. The molecule has 0 spiro atoms. The molecule has 0 radical (unpaired) electrons. The zero-order chi connectivity index (χ0) is 18.0. The molecule has 2 aromatic rings. The molecule has 0 aliphatic rings. The van der Waals surface area contributed by atoms with E-state index in [9.17, 15) is 0 Å². The van der Waals surface area contributed by atoms with Crippen molar-refractivity contribution in [3.05, 3.63) is 66.3 Å². The molecule has 1 aromatic carbocycles. The maximum Gasteiger partial charge on any atom is 0.171 e. The van der Waals surface area contributed by atoms with E-state index in [4.69, 9.17) is 18.6 Å². The summed E-state index contributed by atoms with van der Waals surface area (Å²) in [4.78, 5) is 3.37. The lowest BCUT2D eigenvalue weighted by atomic mass is 10.4. The van der Waals surface area contributed by atoms with E-state index in [1.807, 2.05) is 6.07 Å². The number of benzene rings is 1. The quantitative estimate of drug-likeness (QED) is 0.473. The molecular weight excluding hydrogens is 352 g/mol. The van der Waals surface area contributed by atoms with Crippen LogP contribution in [0.15, 0.2) is 71.2 Å². The number of aromatic nitrogens is 1. The van der Waals surface area contributed by atoms with Gasteiger partial charge in [-0.1, -0.05) is 30.0 Å². The van der Waals surface area contributed by atoms with Crippen molar-refractivity contribution < 1.29 is 33.4 Å². The van der Waals surface area contributed by atoms with Gasteiger partial charge in [0.05, 0.1) is 0 Å². The summed E-state index contributed by atoms with van der Waals surface area (Å²) in [6, 6.07) is 14.6. The summed E-state index contributed by atoms with van der Waals surface area (Å²) < 4.78 is 36.1. The second-order valence-electron chi connectivity index (χ2n) is 4.83. The molecular formula is C16H19ClN2O4S. The Balaban J connectivity index is 0.000000505. The third-order valence-electron chi connectivity index (χ3n) is 2.75. The van der Waals surface area contributed by atoms with E-state index in [0.29, 0.717) is 0 Å². The van der Waals surface area contributed by atoms with Gasteiger partial charge in [0.2, 0.25) is 0 Å². The predicted octanol–water partition coefficient (Wildman–Crippen LogP) is -1.41. The van der Waals surface area contributed by atoms with Gasteiger partial charge in [0.15, 0.2) is 18.9 Å². The molecule has 0 aliphatic heterocycles. The molecule has 0 aliphatic carbocycles. The van der Waals surface area contributed by atoms with Crippen LogP contribution in [0.3, 0.4) is 0 Å². The Kier molecular flexibility index (Phi) is 8.77. The molecule has 6 nitrogen and oxygen atoms in total.